The standard InChI is InChI=1S/C11H14AsNO7S3.3Na/c14-9-2-1-7(3-8(9)13-6-23(19)20)12(21-4-10(15)16)22-5-11(17)18;;;/h1-3,13-14H,4-6H2,(H,15,16)(H,17,18)(H,19,20);;;/q;3*+1/p-3. The second-order valence-corrected chi connectivity index (χ2v) is 16.3. The second kappa shape index (κ2) is 17.9. The van der Waals surface area contributed by atoms with Crippen molar-refractivity contribution in [1.29, 1.82) is 0 Å². The molecule has 0 aliphatic heterocycles. The fraction of sp³-hybridized carbons (Fsp3) is 0.273. The van der Waals surface area contributed by atoms with Gasteiger partial charge in [-0.2, -0.15) is 0 Å². The number of carboxylic acids is 2. The van der Waals surface area contributed by atoms with Crippen molar-refractivity contribution in [1.82, 2.24) is 0 Å². The van der Waals surface area contributed by atoms with Crippen LogP contribution in [0.5, 0.6) is 5.75 Å². The Morgan fingerprint density at radius 1 is 1.12 bits per heavy atom. The summed E-state index contributed by atoms with van der Waals surface area (Å²) in [6.45, 7) is 0. The van der Waals surface area contributed by atoms with Gasteiger partial charge in [-0.15, -0.1) is 0 Å². The van der Waals surface area contributed by atoms with Crippen molar-refractivity contribution in [3.05, 3.63) is 18.2 Å². The molecule has 0 saturated heterocycles. The molecule has 0 saturated carbocycles. The molecule has 2 N–H and O–H groups in total. The average molecular weight is 509 g/mol. The summed E-state index contributed by atoms with van der Waals surface area (Å²) in [4.78, 5) is 21.2. The number of phenols is 1. The summed E-state index contributed by atoms with van der Waals surface area (Å²) in [5.74, 6) is -3.65. The van der Waals surface area contributed by atoms with E-state index in [4.69, 9.17) is 0 Å². The van der Waals surface area contributed by atoms with Crippen molar-refractivity contribution in [3.63, 3.8) is 0 Å². The van der Waals surface area contributed by atoms with E-state index in [1.807, 2.05) is 0 Å². The van der Waals surface area contributed by atoms with Crippen molar-refractivity contribution in [2.24, 2.45) is 0 Å². The first-order chi connectivity index (χ1) is 10.8. The topological polar surface area (TPSA) is 153 Å². The first-order valence-corrected chi connectivity index (χ1v) is 14.5. The van der Waals surface area contributed by atoms with Gasteiger partial charge in [0.1, 0.15) is 0 Å². The zero-order valence-electron chi connectivity index (χ0n) is 14.4. The Morgan fingerprint density at radius 2 is 1.62 bits per heavy atom. The first kappa shape index (κ1) is 32.8. The third-order valence-electron chi connectivity index (χ3n) is 2.17. The minimum absolute atomic E-state index is 0. The zero-order valence-corrected chi connectivity index (χ0v) is 24.7. The Labute approximate surface area is 230 Å². The van der Waals surface area contributed by atoms with E-state index in [0.717, 1.165) is 20.0 Å². The van der Waals surface area contributed by atoms with Gasteiger partial charge in [0.15, 0.2) is 0 Å². The largest absolute Gasteiger partial charge is 1.00 e. The van der Waals surface area contributed by atoms with Crippen LogP contribution in [0.2, 0.25) is 0 Å². The van der Waals surface area contributed by atoms with Gasteiger partial charge in [-0.1, -0.05) is 0 Å². The molecule has 0 bridgehead atoms. The molecule has 128 valence electrons. The van der Waals surface area contributed by atoms with Crippen molar-refractivity contribution < 1.29 is 122 Å². The number of aliphatic carboxylic acids is 2. The van der Waals surface area contributed by atoms with E-state index in [2.05, 4.69) is 5.32 Å². The summed E-state index contributed by atoms with van der Waals surface area (Å²) >= 11 is -4.55. The van der Waals surface area contributed by atoms with Crippen LogP contribution in [0.1, 0.15) is 0 Å². The molecule has 1 atom stereocenters. The predicted octanol–water partition coefficient (Wildman–Crippen LogP) is -11.7. The van der Waals surface area contributed by atoms with Gasteiger partial charge in [-0.25, -0.2) is 0 Å². The predicted molar refractivity (Wildman–Crippen MR) is 85.8 cm³/mol. The summed E-state index contributed by atoms with van der Waals surface area (Å²) in [5.41, 5.74) is 0.175. The van der Waals surface area contributed by atoms with Gasteiger partial charge in [0, 0.05) is 0 Å². The molecular formula is C11H11AsNNa3O7S3. The number of phenolic OH excluding ortho intramolecular Hbond substituents is 1. The number of carbonyl (C=O) groups is 2. The monoisotopic (exact) mass is 509 g/mol. The van der Waals surface area contributed by atoms with E-state index in [-0.39, 0.29) is 112 Å². The third kappa shape index (κ3) is 14.2. The number of hydrogen-bond donors (Lipinski definition) is 2. The molecule has 8 nitrogen and oxygen atoms in total. The Balaban J connectivity index is -0.00000176. The fourth-order valence-corrected chi connectivity index (χ4v) is 12.5. The minimum atomic E-state index is -2.35. The van der Waals surface area contributed by atoms with Crippen LogP contribution in [0.15, 0.2) is 18.2 Å². The molecule has 0 amide bonds. The van der Waals surface area contributed by atoms with Crippen LogP contribution in [-0.2, 0) is 20.7 Å². The molecule has 0 radical (unpaired) electrons. The molecule has 1 aromatic rings. The van der Waals surface area contributed by atoms with Crippen LogP contribution in [0.3, 0.4) is 0 Å². The van der Waals surface area contributed by atoms with Crippen molar-refractivity contribution in [2.75, 3.05) is 22.7 Å². The van der Waals surface area contributed by atoms with Crippen LogP contribution >= 0.6 is 20.0 Å². The number of aromatic hydroxyl groups is 1. The second-order valence-electron chi connectivity index (χ2n) is 3.87. The summed E-state index contributed by atoms with van der Waals surface area (Å²) < 4.78 is 21.8. The molecular weight excluding hydrogens is 498 g/mol. The number of rotatable bonds is 10. The number of nitrogens with one attached hydrogen (secondary N) is 1. The van der Waals surface area contributed by atoms with E-state index < -0.39 is 41.2 Å². The number of anilines is 1. The van der Waals surface area contributed by atoms with Gasteiger partial charge < -0.3 is 0 Å². The van der Waals surface area contributed by atoms with Gasteiger partial charge in [-0.3, -0.25) is 0 Å². The van der Waals surface area contributed by atoms with E-state index >= 15 is 0 Å². The maximum atomic E-state index is 10.6. The van der Waals surface area contributed by atoms with Gasteiger partial charge in [0.05, 0.1) is 0 Å². The third-order valence-corrected chi connectivity index (χ3v) is 15.3. The summed E-state index contributed by atoms with van der Waals surface area (Å²) in [6.07, 6.45) is 0. The quantitative estimate of drug-likeness (QED) is 0.177. The smallest absolute Gasteiger partial charge is 1.00 e. The van der Waals surface area contributed by atoms with Crippen LogP contribution in [0.25, 0.3) is 0 Å². The van der Waals surface area contributed by atoms with Crippen LogP contribution < -0.4 is 109 Å². The molecule has 0 aliphatic carbocycles. The minimum Gasteiger partial charge on any atom is 1.00 e. The first-order valence-electron chi connectivity index (χ1n) is 5.88. The number of carboxylic acid groups (broad SMARTS) is 2. The Morgan fingerprint density at radius 3 is 2.04 bits per heavy atom. The molecule has 1 rings (SSSR count). The van der Waals surface area contributed by atoms with Crippen LogP contribution in [0, 0.1) is 0 Å². The Bertz CT molecular complexity index is 596. The summed E-state index contributed by atoms with van der Waals surface area (Å²) in [6, 6.07) is 4.39. The molecule has 0 aromatic heterocycles. The maximum absolute atomic E-state index is 10.6. The summed E-state index contributed by atoms with van der Waals surface area (Å²) in [5, 5.41) is 33.4. The van der Waals surface area contributed by atoms with Crippen molar-refractivity contribution in [3.8, 4) is 5.75 Å². The van der Waals surface area contributed by atoms with Crippen LogP contribution in [0.4, 0.5) is 5.69 Å². The van der Waals surface area contributed by atoms with Crippen molar-refractivity contribution >= 4 is 65.4 Å². The number of benzene rings is 1. The molecule has 15 heteroatoms. The Hall–Kier alpha value is 2.13. The molecule has 0 fully saturated rings. The molecule has 0 heterocycles. The number of hydrogen-bond acceptors (Lipinski definition) is 10. The fourth-order valence-electron chi connectivity index (χ4n) is 1.32. The molecule has 1 aromatic carbocycles. The number of carbonyl (C=O) groups excluding carboxylic acids is 2. The Kier molecular flexibility index (Phi) is 22.6. The van der Waals surface area contributed by atoms with E-state index in [0.29, 0.717) is 4.35 Å². The van der Waals surface area contributed by atoms with Gasteiger partial charge in [0.25, 0.3) is 0 Å². The molecule has 26 heavy (non-hydrogen) atoms. The normalized spacial score (nSPS) is 10.7. The van der Waals surface area contributed by atoms with E-state index in [1.54, 1.807) is 6.07 Å². The van der Waals surface area contributed by atoms with Crippen molar-refractivity contribution in [2.45, 2.75) is 0 Å². The summed E-state index contributed by atoms with van der Waals surface area (Å²) in [7, 11) is 2.18. The van der Waals surface area contributed by atoms with Gasteiger partial charge in [-0.05, 0) is 0 Å². The van der Waals surface area contributed by atoms with E-state index in [9.17, 15) is 33.7 Å². The van der Waals surface area contributed by atoms with Gasteiger partial charge >= 0.3 is 234 Å². The average Bonchev–Trinajstić information content (AvgIpc) is 2.46. The SMILES string of the molecule is O=C([O-])CS[As](SCC(=O)[O-])c1ccc(O)c(NCS(=O)[O-])c1.[Na+].[Na+].[Na+]. The van der Waals surface area contributed by atoms with Gasteiger partial charge in [0.2, 0.25) is 0 Å². The van der Waals surface area contributed by atoms with E-state index in [1.165, 1.54) is 12.1 Å². The van der Waals surface area contributed by atoms with Crippen LogP contribution in [-0.4, -0.2) is 55.5 Å². The molecule has 0 aliphatic rings. The maximum Gasteiger partial charge on any atom is 1.00 e. The molecule has 0 spiro atoms. The zero-order chi connectivity index (χ0) is 17.4. The molecule has 1 unspecified atom stereocenters.